The maximum absolute atomic E-state index is 13.5. The first-order valence-electron chi connectivity index (χ1n) is 5.49. The lowest BCUT2D eigenvalue weighted by atomic mass is 10.2. The Balaban J connectivity index is 2.61. The zero-order chi connectivity index (χ0) is 11.1. The number of anilines is 1. The summed E-state index contributed by atoms with van der Waals surface area (Å²) in [4.78, 5) is 2.05. The molecule has 1 rings (SSSR count). The van der Waals surface area contributed by atoms with E-state index in [2.05, 4.69) is 0 Å². The molecule has 0 fully saturated rings. The van der Waals surface area contributed by atoms with Crippen molar-refractivity contribution in [1.29, 1.82) is 0 Å². The number of nitrogens with zero attached hydrogens (tertiary/aromatic N) is 1. The van der Waals surface area contributed by atoms with Crippen molar-refractivity contribution in [3.63, 3.8) is 0 Å². The van der Waals surface area contributed by atoms with Crippen LogP contribution < -0.4 is 10.6 Å². The second-order valence-electron chi connectivity index (χ2n) is 3.53. The van der Waals surface area contributed by atoms with Crippen LogP contribution in [0.25, 0.3) is 0 Å². The minimum absolute atomic E-state index is 0.146. The van der Waals surface area contributed by atoms with Gasteiger partial charge in [0, 0.05) is 13.1 Å². The Morgan fingerprint density at radius 1 is 1.27 bits per heavy atom. The van der Waals surface area contributed by atoms with Gasteiger partial charge in [-0.1, -0.05) is 12.1 Å². The van der Waals surface area contributed by atoms with Crippen LogP contribution in [-0.4, -0.2) is 19.6 Å². The van der Waals surface area contributed by atoms with Gasteiger partial charge in [-0.25, -0.2) is 4.39 Å². The topological polar surface area (TPSA) is 29.3 Å². The summed E-state index contributed by atoms with van der Waals surface area (Å²) in [5.41, 5.74) is 6.12. The molecule has 0 saturated carbocycles. The number of nitrogens with two attached hydrogens (primary N) is 1. The van der Waals surface area contributed by atoms with Crippen LogP contribution in [-0.2, 0) is 0 Å². The number of rotatable bonds is 6. The summed E-state index contributed by atoms with van der Waals surface area (Å²) in [6.07, 6.45) is 2.00. The van der Waals surface area contributed by atoms with Gasteiger partial charge in [-0.05, 0) is 38.4 Å². The summed E-state index contributed by atoms with van der Waals surface area (Å²) in [5, 5.41) is 0. The van der Waals surface area contributed by atoms with Gasteiger partial charge in [0.25, 0.3) is 0 Å². The van der Waals surface area contributed by atoms with E-state index >= 15 is 0 Å². The minimum atomic E-state index is -0.146. The molecule has 0 saturated heterocycles. The van der Waals surface area contributed by atoms with Crippen LogP contribution in [0, 0.1) is 5.82 Å². The summed E-state index contributed by atoms with van der Waals surface area (Å²) in [7, 11) is 0. The van der Waals surface area contributed by atoms with Gasteiger partial charge in [-0.3, -0.25) is 0 Å². The zero-order valence-corrected chi connectivity index (χ0v) is 9.25. The van der Waals surface area contributed by atoms with Crippen molar-refractivity contribution in [2.75, 3.05) is 24.5 Å². The number of hydrogen-bond donors (Lipinski definition) is 1. The van der Waals surface area contributed by atoms with Crippen molar-refractivity contribution in [3.8, 4) is 0 Å². The smallest absolute Gasteiger partial charge is 0.146 e. The highest BCUT2D eigenvalue weighted by molar-refractivity contribution is 5.47. The SMILES string of the molecule is CCN(CCCCN)c1ccccc1F. The molecule has 1 aromatic carbocycles. The molecule has 84 valence electrons. The molecular weight excluding hydrogens is 191 g/mol. The van der Waals surface area contributed by atoms with Gasteiger partial charge >= 0.3 is 0 Å². The zero-order valence-electron chi connectivity index (χ0n) is 9.25. The third-order valence-corrected chi connectivity index (χ3v) is 2.46. The maximum atomic E-state index is 13.5. The fraction of sp³-hybridized carbons (Fsp3) is 0.500. The molecule has 2 nitrogen and oxygen atoms in total. The van der Waals surface area contributed by atoms with Gasteiger partial charge in [0.05, 0.1) is 5.69 Å². The highest BCUT2D eigenvalue weighted by Gasteiger charge is 2.07. The Morgan fingerprint density at radius 3 is 2.60 bits per heavy atom. The predicted octanol–water partition coefficient (Wildman–Crippen LogP) is 2.39. The van der Waals surface area contributed by atoms with Gasteiger partial charge in [-0.15, -0.1) is 0 Å². The van der Waals surface area contributed by atoms with Gasteiger partial charge in [0.1, 0.15) is 5.82 Å². The molecule has 0 aliphatic carbocycles. The molecule has 0 radical (unpaired) electrons. The second kappa shape index (κ2) is 6.40. The lowest BCUT2D eigenvalue weighted by Crippen LogP contribution is -2.25. The fourth-order valence-electron chi connectivity index (χ4n) is 1.60. The quantitative estimate of drug-likeness (QED) is 0.730. The van der Waals surface area contributed by atoms with E-state index in [0.717, 1.165) is 25.9 Å². The molecular formula is C12H19FN2. The Bertz CT molecular complexity index is 289. The standard InChI is InChI=1S/C12H19FN2/c1-2-15(10-6-5-9-14)12-8-4-3-7-11(12)13/h3-4,7-8H,2,5-6,9-10,14H2,1H3. The molecule has 0 unspecified atom stereocenters. The van der Waals surface area contributed by atoms with Crippen LogP contribution in [0.2, 0.25) is 0 Å². The molecule has 0 aromatic heterocycles. The van der Waals surface area contributed by atoms with Crippen molar-refractivity contribution >= 4 is 5.69 Å². The third-order valence-electron chi connectivity index (χ3n) is 2.46. The number of para-hydroxylation sites is 1. The van der Waals surface area contributed by atoms with E-state index in [1.807, 2.05) is 24.0 Å². The van der Waals surface area contributed by atoms with Crippen LogP contribution in [0.5, 0.6) is 0 Å². The minimum Gasteiger partial charge on any atom is -0.369 e. The lowest BCUT2D eigenvalue weighted by molar-refractivity contribution is 0.612. The van der Waals surface area contributed by atoms with Gasteiger partial charge < -0.3 is 10.6 Å². The van der Waals surface area contributed by atoms with Crippen molar-refractivity contribution in [3.05, 3.63) is 30.1 Å². The van der Waals surface area contributed by atoms with Crippen LogP contribution in [0.15, 0.2) is 24.3 Å². The molecule has 3 heteroatoms. The molecule has 15 heavy (non-hydrogen) atoms. The van der Waals surface area contributed by atoms with Gasteiger partial charge in [-0.2, -0.15) is 0 Å². The van der Waals surface area contributed by atoms with Crippen LogP contribution in [0.1, 0.15) is 19.8 Å². The Morgan fingerprint density at radius 2 is 2.00 bits per heavy atom. The molecule has 2 N–H and O–H groups in total. The molecule has 0 spiro atoms. The molecule has 0 aliphatic rings. The predicted molar refractivity (Wildman–Crippen MR) is 62.6 cm³/mol. The van der Waals surface area contributed by atoms with E-state index in [1.54, 1.807) is 6.07 Å². The summed E-state index contributed by atoms with van der Waals surface area (Å²) >= 11 is 0. The van der Waals surface area contributed by atoms with Crippen LogP contribution >= 0.6 is 0 Å². The Labute approximate surface area is 90.9 Å². The maximum Gasteiger partial charge on any atom is 0.146 e. The van der Waals surface area contributed by atoms with Crippen molar-refractivity contribution in [2.24, 2.45) is 5.73 Å². The van der Waals surface area contributed by atoms with E-state index < -0.39 is 0 Å². The highest BCUT2D eigenvalue weighted by Crippen LogP contribution is 2.18. The summed E-state index contributed by atoms with van der Waals surface area (Å²) < 4.78 is 13.5. The summed E-state index contributed by atoms with van der Waals surface area (Å²) in [6.45, 7) is 4.43. The van der Waals surface area contributed by atoms with Crippen molar-refractivity contribution in [2.45, 2.75) is 19.8 Å². The first-order valence-corrected chi connectivity index (χ1v) is 5.49. The van der Waals surface area contributed by atoms with Crippen LogP contribution in [0.4, 0.5) is 10.1 Å². The average molecular weight is 210 g/mol. The normalized spacial score (nSPS) is 10.3. The summed E-state index contributed by atoms with van der Waals surface area (Å²) in [5.74, 6) is -0.146. The van der Waals surface area contributed by atoms with Crippen molar-refractivity contribution in [1.82, 2.24) is 0 Å². The molecule has 0 amide bonds. The first-order chi connectivity index (χ1) is 7.29. The Kier molecular flexibility index (Phi) is 5.12. The fourth-order valence-corrected chi connectivity index (χ4v) is 1.60. The third kappa shape index (κ3) is 3.51. The van der Waals surface area contributed by atoms with Crippen molar-refractivity contribution < 1.29 is 4.39 Å². The molecule has 0 atom stereocenters. The first kappa shape index (κ1) is 12.0. The van der Waals surface area contributed by atoms with Gasteiger partial charge in [0.2, 0.25) is 0 Å². The molecule has 0 bridgehead atoms. The van der Waals surface area contributed by atoms with E-state index in [9.17, 15) is 4.39 Å². The van der Waals surface area contributed by atoms with E-state index in [0.29, 0.717) is 12.2 Å². The number of halogens is 1. The van der Waals surface area contributed by atoms with Gasteiger partial charge in [0.15, 0.2) is 0 Å². The highest BCUT2D eigenvalue weighted by atomic mass is 19.1. The summed E-state index contributed by atoms with van der Waals surface area (Å²) in [6, 6.07) is 6.90. The lowest BCUT2D eigenvalue weighted by Gasteiger charge is -2.23. The number of hydrogen-bond acceptors (Lipinski definition) is 2. The Hall–Kier alpha value is -1.09. The van der Waals surface area contributed by atoms with E-state index in [4.69, 9.17) is 5.73 Å². The molecule has 0 aliphatic heterocycles. The molecule has 0 heterocycles. The average Bonchev–Trinajstić information content (AvgIpc) is 2.26. The number of benzene rings is 1. The second-order valence-corrected chi connectivity index (χ2v) is 3.53. The van der Waals surface area contributed by atoms with E-state index in [1.165, 1.54) is 6.07 Å². The number of unbranched alkanes of at least 4 members (excludes halogenated alkanes) is 1. The largest absolute Gasteiger partial charge is 0.369 e. The molecule has 1 aromatic rings. The van der Waals surface area contributed by atoms with Crippen LogP contribution in [0.3, 0.4) is 0 Å². The van der Waals surface area contributed by atoms with E-state index in [-0.39, 0.29) is 5.82 Å². The monoisotopic (exact) mass is 210 g/mol.